The van der Waals surface area contributed by atoms with Crippen molar-refractivity contribution in [2.45, 2.75) is 25.8 Å². The first-order valence-electron chi connectivity index (χ1n) is 6.62. The molecule has 4 N–H and O–H groups in total. The van der Waals surface area contributed by atoms with Crippen molar-refractivity contribution in [1.29, 1.82) is 0 Å². The minimum atomic E-state index is -0.487. The Morgan fingerprint density at radius 3 is 2.48 bits per heavy atom. The topological polar surface area (TPSA) is 84.2 Å². The van der Waals surface area contributed by atoms with Crippen molar-refractivity contribution in [3.63, 3.8) is 0 Å². The van der Waals surface area contributed by atoms with E-state index >= 15 is 0 Å². The molecule has 1 unspecified atom stereocenters. The van der Waals surface area contributed by atoms with Gasteiger partial charge < -0.3 is 16.4 Å². The summed E-state index contributed by atoms with van der Waals surface area (Å²) in [5.74, 6) is -0.457. The van der Waals surface area contributed by atoms with Gasteiger partial charge in [-0.05, 0) is 18.6 Å². The van der Waals surface area contributed by atoms with E-state index in [1.54, 1.807) is 24.3 Å². The second-order valence-electron chi connectivity index (χ2n) is 4.42. The summed E-state index contributed by atoms with van der Waals surface area (Å²) in [6.45, 7) is 2.64. The van der Waals surface area contributed by atoms with Crippen molar-refractivity contribution in [3.8, 4) is 0 Å². The van der Waals surface area contributed by atoms with E-state index in [1.165, 1.54) is 0 Å². The number of hydrogen-bond acceptors (Lipinski definition) is 3. The number of hydrogen-bond donors (Lipinski definition) is 3. The van der Waals surface area contributed by atoms with E-state index in [1.807, 2.05) is 6.92 Å². The summed E-state index contributed by atoms with van der Waals surface area (Å²) in [4.78, 5) is 23.3. The molecule has 1 atom stereocenters. The third-order valence-corrected chi connectivity index (χ3v) is 3.09. The van der Waals surface area contributed by atoms with E-state index in [4.69, 9.17) is 17.3 Å². The molecule has 0 radical (unpaired) electrons. The van der Waals surface area contributed by atoms with E-state index in [0.717, 1.165) is 6.42 Å². The van der Waals surface area contributed by atoms with Gasteiger partial charge in [-0.15, -0.1) is 12.4 Å². The third-order valence-electron chi connectivity index (χ3n) is 2.76. The summed E-state index contributed by atoms with van der Waals surface area (Å²) in [5.41, 5.74) is 6.08. The van der Waals surface area contributed by atoms with Crippen molar-refractivity contribution in [2.24, 2.45) is 5.73 Å². The molecule has 0 fully saturated rings. The summed E-state index contributed by atoms with van der Waals surface area (Å²) in [6.07, 6.45) is 1.51. The predicted molar refractivity (Wildman–Crippen MR) is 86.9 cm³/mol. The standard InChI is InChI=1S/C14H20ClN3O2.ClH/c1-2-5-12(16)14(20)18-9-8-17-13(19)10-6-3-4-7-11(10)15;/h3-4,6-7,12H,2,5,8-9,16H2,1H3,(H,17,19)(H,18,20);1H. The summed E-state index contributed by atoms with van der Waals surface area (Å²) in [7, 11) is 0. The first kappa shape index (κ1) is 19.7. The summed E-state index contributed by atoms with van der Waals surface area (Å²) in [5, 5.41) is 5.77. The maximum absolute atomic E-state index is 11.8. The van der Waals surface area contributed by atoms with Crippen LogP contribution in [0.3, 0.4) is 0 Å². The smallest absolute Gasteiger partial charge is 0.252 e. The first-order chi connectivity index (χ1) is 9.56. The molecule has 0 saturated heterocycles. The van der Waals surface area contributed by atoms with Gasteiger partial charge in [0.05, 0.1) is 16.6 Å². The number of benzene rings is 1. The van der Waals surface area contributed by atoms with Crippen LogP contribution in [-0.2, 0) is 4.79 Å². The SMILES string of the molecule is CCCC(N)C(=O)NCCNC(=O)c1ccccc1Cl.Cl. The molecule has 0 bridgehead atoms. The number of nitrogens with two attached hydrogens (primary N) is 1. The fraction of sp³-hybridized carbons (Fsp3) is 0.429. The van der Waals surface area contributed by atoms with Gasteiger partial charge in [0.2, 0.25) is 5.91 Å². The van der Waals surface area contributed by atoms with Gasteiger partial charge in [0.1, 0.15) is 0 Å². The Labute approximate surface area is 136 Å². The predicted octanol–water partition coefficient (Wildman–Crippen LogP) is 1.74. The highest BCUT2D eigenvalue weighted by Crippen LogP contribution is 2.14. The van der Waals surface area contributed by atoms with Gasteiger partial charge in [0, 0.05) is 13.1 Å². The van der Waals surface area contributed by atoms with Gasteiger partial charge in [-0.25, -0.2) is 0 Å². The van der Waals surface area contributed by atoms with Gasteiger partial charge in [-0.2, -0.15) is 0 Å². The minimum absolute atomic E-state index is 0. The van der Waals surface area contributed by atoms with Crippen LogP contribution in [0, 0.1) is 0 Å². The van der Waals surface area contributed by atoms with Crippen molar-refractivity contribution >= 4 is 35.8 Å². The van der Waals surface area contributed by atoms with Crippen molar-refractivity contribution < 1.29 is 9.59 Å². The van der Waals surface area contributed by atoms with Crippen LogP contribution < -0.4 is 16.4 Å². The van der Waals surface area contributed by atoms with Crippen LogP contribution in [0.2, 0.25) is 5.02 Å². The first-order valence-corrected chi connectivity index (χ1v) is 7.00. The van der Waals surface area contributed by atoms with Crippen LogP contribution in [0.5, 0.6) is 0 Å². The van der Waals surface area contributed by atoms with E-state index in [9.17, 15) is 9.59 Å². The van der Waals surface area contributed by atoms with Crippen LogP contribution in [0.25, 0.3) is 0 Å². The number of nitrogens with one attached hydrogen (secondary N) is 2. The Bertz CT molecular complexity index is 469. The minimum Gasteiger partial charge on any atom is -0.353 e. The molecule has 0 saturated carbocycles. The average Bonchev–Trinajstić information content (AvgIpc) is 2.43. The van der Waals surface area contributed by atoms with Gasteiger partial charge in [0.15, 0.2) is 0 Å². The molecule has 1 aromatic rings. The van der Waals surface area contributed by atoms with Gasteiger partial charge in [0.25, 0.3) is 5.91 Å². The molecule has 0 aliphatic carbocycles. The summed E-state index contributed by atoms with van der Waals surface area (Å²) < 4.78 is 0. The molecule has 1 aromatic carbocycles. The Morgan fingerprint density at radius 2 is 1.86 bits per heavy atom. The average molecular weight is 334 g/mol. The van der Waals surface area contributed by atoms with E-state index < -0.39 is 6.04 Å². The molecule has 0 aliphatic heterocycles. The number of rotatable bonds is 7. The van der Waals surface area contributed by atoms with Gasteiger partial charge >= 0.3 is 0 Å². The summed E-state index contributed by atoms with van der Waals surface area (Å²) >= 11 is 5.91. The zero-order valence-corrected chi connectivity index (χ0v) is 13.5. The molecule has 118 valence electrons. The van der Waals surface area contributed by atoms with Crippen LogP contribution in [-0.4, -0.2) is 30.9 Å². The molecule has 0 aliphatic rings. The molecule has 21 heavy (non-hydrogen) atoms. The Balaban J connectivity index is 0.00000400. The second kappa shape index (κ2) is 10.4. The van der Waals surface area contributed by atoms with Crippen molar-refractivity contribution in [3.05, 3.63) is 34.9 Å². The lowest BCUT2D eigenvalue weighted by Gasteiger charge is -2.11. The van der Waals surface area contributed by atoms with Crippen LogP contribution >= 0.6 is 24.0 Å². The van der Waals surface area contributed by atoms with E-state index in [0.29, 0.717) is 30.1 Å². The molecular weight excluding hydrogens is 313 g/mol. The molecule has 2 amide bonds. The molecule has 0 spiro atoms. The maximum Gasteiger partial charge on any atom is 0.252 e. The maximum atomic E-state index is 11.8. The van der Waals surface area contributed by atoms with Crippen LogP contribution in [0.15, 0.2) is 24.3 Å². The second-order valence-corrected chi connectivity index (χ2v) is 4.83. The van der Waals surface area contributed by atoms with E-state index in [-0.39, 0.29) is 24.2 Å². The summed E-state index contributed by atoms with van der Waals surface area (Å²) in [6, 6.07) is 6.32. The Hall–Kier alpha value is -1.30. The fourth-order valence-corrected chi connectivity index (χ4v) is 1.90. The number of carbonyl (C=O) groups is 2. The fourth-order valence-electron chi connectivity index (χ4n) is 1.68. The quantitative estimate of drug-likeness (QED) is 0.664. The zero-order chi connectivity index (χ0) is 15.0. The van der Waals surface area contributed by atoms with Crippen LogP contribution in [0.1, 0.15) is 30.1 Å². The zero-order valence-electron chi connectivity index (χ0n) is 11.9. The lowest BCUT2D eigenvalue weighted by atomic mass is 10.2. The number of halogens is 2. The molecule has 0 aromatic heterocycles. The lowest BCUT2D eigenvalue weighted by Crippen LogP contribution is -2.43. The van der Waals surface area contributed by atoms with Crippen LogP contribution in [0.4, 0.5) is 0 Å². The molecular formula is C14H21Cl2N3O2. The monoisotopic (exact) mass is 333 g/mol. The normalized spacial score (nSPS) is 11.2. The third kappa shape index (κ3) is 6.80. The lowest BCUT2D eigenvalue weighted by molar-refractivity contribution is -0.122. The number of amides is 2. The molecule has 0 heterocycles. The highest BCUT2D eigenvalue weighted by Gasteiger charge is 2.12. The van der Waals surface area contributed by atoms with Gasteiger partial charge in [-0.3, -0.25) is 9.59 Å². The Morgan fingerprint density at radius 1 is 1.24 bits per heavy atom. The van der Waals surface area contributed by atoms with Crippen molar-refractivity contribution in [2.75, 3.05) is 13.1 Å². The Kier molecular flexibility index (Phi) is 9.78. The molecule has 7 heteroatoms. The molecule has 5 nitrogen and oxygen atoms in total. The van der Waals surface area contributed by atoms with Gasteiger partial charge in [-0.1, -0.05) is 37.1 Å². The largest absolute Gasteiger partial charge is 0.353 e. The highest BCUT2D eigenvalue weighted by atomic mass is 35.5. The van der Waals surface area contributed by atoms with Crippen molar-refractivity contribution in [1.82, 2.24) is 10.6 Å². The highest BCUT2D eigenvalue weighted by molar-refractivity contribution is 6.33. The van der Waals surface area contributed by atoms with E-state index in [2.05, 4.69) is 10.6 Å². The number of carbonyl (C=O) groups excluding carboxylic acids is 2. The molecule has 1 rings (SSSR count).